The van der Waals surface area contributed by atoms with Gasteiger partial charge >= 0.3 is 6.03 Å². The lowest BCUT2D eigenvalue weighted by molar-refractivity contribution is 0.262. The Hall–Kier alpha value is -4.17. The topological polar surface area (TPSA) is 111 Å². The number of nitrogens with one attached hydrogen (secondary N) is 2. The molecule has 2 heterocycles. The number of unbranched alkanes of at least 4 members (excludes halogenated alkanes) is 1. The molecule has 4 N–H and O–H groups in total. The molecule has 2 aromatic heterocycles. The molecule has 2 amide bonds. The fourth-order valence-electron chi connectivity index (χ4n) is 5.19. The van der Waals surface area contributed by atoms with E-state index in [4.69, 9.17) is 10.5 Å². The maximum atomic E-state index is 14.2. The van der Waals surface area contributed by atoms with E-state index in [2.05, 4.69) is 50.2 Å². The summed E-state index contributed by atoms with van der Waals surface area (Å²) in [6.45, 7) is 12.0. The number of fused-ring (bicyclic) bond motifs is 1. The minimum atomic E-state index is -0.469. The van der Waals surface area contributed by atoms with E-state index >= 15 is 0 Å². The van der Waals surface area contributed by atoms with Crippen molar-refractivity contribution in [3.8, 4) is 16.9 Å². The Morgan fingerprint density at radius 3 is 2.31 bits per heavy atom. The first-order valence-electron chi connectivity index (χ1n) is 14.9. The van der Waals surface area contributed by atoms with E-state index < -0.39 is 6.03 Å². The Morgan fingerprint density at radius 2 is 1.64 bits per heavy atom. The van der Waals surface area contributed by atoms with E-state index in [-0.39, 0.29) is 23.1 Å². The Bertz CT molecular complexity index is 1570. The maximum Gasteiger partial charge on any atom is 0.323 e. The molecule has 2 aromatic carbocycles. The molecule has 42 heavy (non-hydrogen) atoms. The summed E-state index contributed by atoms with van der Waals surface area (Å²) in [7, 11) is 0. The number of nitrogens with two attached hydrogens (primary N) is 1. The van der Waals surface area contributed by atoms with Gasteiger partial charge in [-0.15, -0.1) is 0 Å². The zero-order chi connectivity index (χ0) is 30.2. The van der Waals surface area contributed by atoms with Gasteiger partial charge in [-0.3, -0.25) is 9.36 Å². The molecule has 0 fully saturated rings. The maximum absolute atomic E-state index is 14.2. The number of aromatic nitrogens is 2. The predicted molar refractivity (Wildman–Crippen MR) is 173 cm³/mol. The average molecular weight is 570 g/mol. The normalized spacial score (nSPS) is 11.3. The van der Waals surface area contributed by atoms with Crippen LogP contribution in [0.2, 0.25) is 0 Å². The zero-order valence-electron chi connectivity index (χ0n) is 25.4. The van der Waals surface area contributed by atoms with Gasteiger partial charge in [0.25, 0.3) is 5.56 Å². The molecular formula is C34H43N5O3. The largest absolute Gasteiger partial charge is 0.494 e. The van der Waals surface area contributed by atoms with Gasteiger partial charge in [0.05, 0.1) is 6.61 Å². The number of anilines is 2. The van der Waals surface area contributed by atoms with Gasteiger partial charge in [-0.2, -0.15) is 0 Å². The highest BCUT2D eigenvalue weighted by Crippen LogP contribution is 2.36. The van der Waals surface area contributed by atoms with E-state index in [1.54, 1.807) is 10.8 Å². The molecule has 0 aliphatic carbocycles. The van der Waals surface area contributed by atoms with Crippen LogP contribution < -0.4 is 26.7 Å². The van der Waals surface area contributed by atoms with Gasteiger partial charge < -0.3 is 21.1 Å². The number of pyridine rings is 2. The third kappa shape index (κ3) is 6.82. The number of carbonyl (C=O) groups is 1. The van der Waals surface area contributed by atoms with Crippen molar-refractivity contribution in [2.24, 2.45) is 5.73 Å². The summed E-state index contributed by atoms with van der Waals surface area (Å²) in [5.74, 6) is 1.07. The van der Waals surface area contributed by atoms with Crippen molar-refractivity contribution in [2.75, 3.05) is 23.8 Å². The zero-order valence-corrected chi connectivity index (χ0v) is 25.4. The van der Waals surface area contributed by atoms with E-state index in [0.29, 0.717) is 36.7 Å². The summed E-state index contributed by atoms with van der Waals surface area (Å²) in [5.41, 5.74) is 10.4. The summed E-state index contributed by atoms with van der Waals surface area (Å²) < 4.78 is 7.59. The molecule has 8 nitrogen and oxygen atoms in total. The van der Waals surface area contributed by atoms with Crippen LogP contribution in [0.4, 0.5) is 16.2 Å². The molecule has 0 radical (unpaired) electrons. The Morgan fingerprint density at radius 1 is 0.952 bits per heavy atom. The lowest BCUT2D eigenvalue weighted by Crippen LogP contribution is -2.30. The third-order valence-electron chi connectivity index (χ3n) is 7.35. The van der Waals surface area contributed by atoms with Crippen molar-refractivity contribution < 1.29 is 9.53 Å². The summed E-state index contributed by atoms with van der Waals surface area (Å²) >= 11 is 0. The van der Waals surface area contributed by atoms with E-state index in [1.807, 2.05) is 54.6 Å². The standard InChI is InChI=1S/C34H43N5O3/c1-6-7-19-39-32-28(16-10-18-36-32)29(24-12-8-13-25(21-24)42-20-11-17-35)31(33(39)40)38-34(41)37-30-26(22(2)3)14-9-15-27(30)23(4)5/h8-10,12-16,18,21-23H,6-7,11,17,19-20,35H2,1-5H3,(H2,37,38,41). The van der Waals surface area contributed by atoms with Gasteiger partial charge in [-0.05, 0) is 72.2 Å². The summed E-state index contributed by atoms with van der Waals surface area (Å²) in [4.78, 5) is 32.5. The minimum Gasteiger partial charge on any atom is -0.494 e. The predicted octanol–water partition coefficient (Wildman–Crippen LogP) is 7.48. The van der Waals surface area contributed by atoms with Crippen molar-refractivity contribution in [1.29, 1.82) is 0 Å². The molecule has 0 aliphatic rings. The van der Waals surface area contributed by atoms with Crippen LogP contribution in [-0.4, -0.2) is 28.7 Å². The monoisotopic (exact) mass is 569 g/mol. The van der Waals surface area contributed by atoms with Crippen LogP contribution in [0, 0.1) is 0 Å². The molecule has 0 saturated carbocycles. The number of hydrogen-bond donors (Lipinski definition) is 3. The SMILES string of the molecule is CCCCn1c(=O)c(NC(=O)Nc2c(C(C)C)cccc2C(C)C)c(-c2cccc(OCCCN)c2)c2cccnc21. The number of aryl methyl sites for hydroxylation is 1. The van der Waals surface area contributed by atoms with Crippen LogP contribution in [0.25, 0.3) is 22.2 Å². The first-order chi connectivity index (χ1) is 20.3. The summed E-state index contributed by atoms with van der Waals surface area (Å²) in [6.07, 6.45) is 4.14. The summed E-state index contributed by atoms with van der Waals surface area (Å²) in [6, 6.07) is 17.0. The lowest BCUT2D eigenvalue weighted by atomic mass is 9.93. The summed E-state index contributed by atoms with van der Waals surface area (Å²) in [5, 5.41) is 6.84. The molecule has 0 unspecified atom stereocenters. The highest BCUT2D eigenvalue weighted by molar-refractivity contribution is 6.07. The number of amides is 2. The number of rotatable bonds is 12. The lowest BCUT2D eigenvalue weighted by Gasteiger charge is -2.22. The van der Waals surface area contributed by atoms with Crippen molar-refractivity contribution >= 4 is 28.4 Å². The van der Waals surface area contributed by atoms with Crippen molar-refractivity contribution in [2.45, 2.75) is 72.3 Å². The van der Waals surface area contributed by atoms with Crippen molar-refractivity contribution in [3.63, 3.8) is 0 Å². The van der Waals surface area contributed by atoms with E-state index in [9.17, 15) is 9.59 Å². The van der Waals surface area contributed by atoms with Crippen LogP contribution in [0.3, 0.4) is 0 Å². The smallest absolute Gasteiger partial charge is 0.323 e. The second-order valence-electron chi connectivity index (χ2n) is 11.2. The third-order valence-corrected chi connectivity index (χ3v) is 7.35. The molecule has 4 rings (SSSR count). The van der Waals surface area contributed by atoms with Crippen molar-refractivity contribution in [1.82, 2.24) is 9.55 Å². The number of ether oxygens (including phenoxy) is 1. The van der Waals surface area contributed by atoms with E-state index in [1.165, 1.54) is 0 Å². The molecule has 0 atom stereocenters. The van der Waals surface area contributed by atoms with Crippen LogP contribution in [0.5, 0.6) is 5.75 Å². The van der Waals surface area contributed by atoms with Gasteiger partial charge in [0.15, 0.2) is 0 Å². The Balaban J connectivity index is 1.87. The second-order valence-corrected chi connectivity index (χ2v) is 11.2. The highest BCUT2D eigenvalue weighted by Gasteiger charge is 2.22. The minimum absolute atomic E-state index is 0.203. The van der Waals surface area contributed by atoms with E-state index in [0.717, 1.165) is 47.0 Å². The molecule has 0 spiro atoms. The van der Waals surface area contributed by atoms with Crippen LogP contribution >= 0.6 is 0 Å². The van der Waals surface area contributed by atoms with Crippen LogP contribution in [0.15, 0.2) is 65.6 Å². The van der Waals surface area contributed by atoms with Crippen molar-refractivity contribution in [3.05, 3.63) is 82.3 Å². The number of nitrogens with zero attached hydrogens (tertiary/aromatic N) is 2. The molecule has 222 valence electrons. The number of hydrogen-bond acceptors (Lipinski definition) is 5. The first-order valence-corrected chi connectivity index (χ1v) is 14.9. The number of urea groups is 1. The number of carbonyl (C=O) groups excluding carboxylic acids is 1. The molecule has 0 saturated heterocycles. The van der Waals surface area contributed by atoms with Crippen LogP contribution in [0.1, 0.15) is 76.8 Å². The van der Waals surface area contributed by atoms with Gasteiger partial charge in [0.1, 0.15) is 17.1 Å². The fraction of sp³-hybridized carbons (Fsp3) is 0.382. The Labute approximate surface area is 248 Å². The first kappa shape index (κ1) is 30.8. The molecule has 8 heteroatoms. The van der Waals surface area contributed by atoms with Gasteiger partial charge in [0.2, 0.25) is 0 Å². The molecule has 0 bridgehead atoms. The van der Waals surface area contributed by atoms with Gasteiger partial charge in [-0.1, -0.05) is 71.4 Å². The van der Waals surface area contributed by atoms with Gasteiger partial charge in [-0.25, -0.2) is 9.78 Å². The fourth-order valence-corrected chi connectivity index (χ4v) is 5.19. The average Bonchev–Trinajstić information content (AvgIpc) is 2.97. The highest BCUT2D eigenvalue weighted by atomic mass is 16.5. The molecule has 0 aliphatic heterocycles. The molecule has 4 aromatic rings. The number of benzene rings is 2. The second kappa shape index (κ2) is 14.1. The Kier molecular flexibility index (Phi) is 10.4. The molecular weight excluding hydrogens is 526 g/mol. The number of para-hydroxylation sites is 1. The van der Waals surface area contributed by atoms with Gasteiger partial charge in [0, 0.05) is 29.4 Å². The van der Waals surface area contributed by atoms with Crippen LogP contribution in [-0.2, 0) is 6.54 Å². The quantitative estimate of drug-likeness (QED) is 0.153.